The molecule has 0 bridgehead atoms. The van der Waals surface area contributed by atoms with Crippen LogP contribution in [0.3, 0.4) is 0 Å². The number of carbonyl (C=O) groups excluding carboxylic acids is 1. The SMILES string of the molecule is Cc1cc(C)n(-c2ccc(=O)n(CCNC(=O)C(C)n3nc4c(cc3=O)CCC4)n2)n1. The van der Waals surface area contributed by atoms with Gasteiger partial charge in [-0.15, -0.1) is 5.10 Å². The summed E-state index contributed by atoms with van der Waals surface area (Å²) in [4.78, 5) is 37.1. The Kier molecular flexibility index (Phi) is 5.53. The van der Waals surface area contributed by atoms with Gasteiger partial charge in [-0.3, -0.25) is 14.4 Å². The lowest BCUT2D eigenvalue weighted by Crippen LogP contribution is -2.39. The van der Waals surface area contributed by atoms with E-state index < -0.39 is 6.04 Å². The number of hydrogen-bond acceptors (Lipinski definition) is 6. The van der Waals surface area contributed by atoms with Gasteiger partial charge in [-0.1, -0.05) is 0 Å². The lowest BCUT2D eigenvalue weighted by molar-refractivity contribution is -0.124. The Morgan fingerprint density at radius 3 is 2.65 bits per heavy atom. The van der Waals surface area contributed by atoms with Crippen LogP contribution in [0.4, 0.5) is 0 Å². The third kappa shape index (κ3) is 4.18. The van der Waals surface area contributed by atoms with Crippen molar-refractivity contribution >= 4 is 5.91 Å². The van der Waals surface area contributed by atoms with Gasteiger partial charge in [0.05, 0.1) is 17.9 Å². The van der Waals surface area contributed by atoms with E-state index in [0.717, 1.165) is 41.9 Å². The molecule has 3 aromatic rings. The Hall–Kier alpha value is -3.56. The topological polar surface area (TPSA) is 117 Å². The van der Waals surface area contributed by atoms with Crippen LogP contribution in [0.1, 0.15) is 42.0 Å². The molecule has 1 aliphatic carbocycles. The maximum atomic E-state index is 12.6. The first kappa shape index (κ1) is 20.7. The molecular formula is C21H25N7O3. The lowest BCUT2D eigenvalue weighted by Gasteiger charge is -2.15. The minimum Gasteiger partial charge on any atom is -0.352 e. The fourth-order valence-electron chi connectivity index (χ4n) is 3.81. The number of fused-ring (bicyclic) bond motifs is 1. The second-order valence-electron chi connectivity index (χ2n) is 7.81. The Morgan fingerprint density at radius 1 is 1.10 bits per heavy atom. The molecule has 10 nitrogen and oxygen atoms in total. The highest BCUT2D eigenvalue weighted by molar-refractivity contribution is 5.79. The molecule has 0 aliphatic heterocycles. The van der Waals surface area contributed by atoms with Crippen LogP contribution in [-0.4, -0.2) is 41.8 Å². The standard InChI is InChI=1S/C21H25N7O3/c1-13-11-14(2)27(23-13)18-7-8-19(29)26(25-18)10-9-22-21(31)15(3)28-20(30)12-16-5-4-6-17(16)24-28/h7-8,11-12,15H,4-6,9-10H2,1-3H3,(H,22,31). The Bertz CT molecular complexity index is 1250. The van der Waals surface area contributed by atoms with Gasteiger partial charge < -0.3 is 5.32 Å². The molecule has 1 amide bonds. The highest BCUT2D eigenvalue weighted by atomic mass is 16.2. The molecule has 0 aromatic carbocycles. The summed E-state index contributed by atoms with van der Waals surface area (Å²) in [5, 5.41) is 15.9. The van der Waals surface area contributed by atoms with Crippen molar-refractivity contribution < 1.29 is 4.79 Å². The van der Waals surface area contributed by atoms with Crippen molar-refractivity contribution in [1.82, 2.24) is 34.7 Å². The molecule has 0 saturated heterocycles. The average molecular weight is 423 g/mol. The van der Waals surface area contributed by atoms with E-state index in [0.29, 0.717) is 5.82 Å². The predicted molar refractivity (Wildman–Crippen MR) is 113 cm³/mol. The fraction of sp³-hybridized carbons (Fsp3) is 0.429. The van der Waals surface area contributed by atoms with Gasteiger partial charge >= 0.3 is 0 Å². The highest BCUT2D eigenvalue weighted by Crippen LogP contribution is 2.18. The van der Waals surface area contributed by atoms with Crippen molar-refractivity contribution in [2.24, 2.45) is 0 Å². The van der Waals surface area contributed by atoms with Crippen LogP contribution in [0.5, 0.6) is 0 Å². The molecule has 10 heteroatoms. The molecule has 0 radical (unpaired) electrons. The van der Waals surface area contributed by atoms with E-state index in [-0.39, 0.29) is 30.1 Å². The summed E-state index contributed by atoms with van der Waals surface area (Å²) < 4.78 is 4.18. The third-order valence-corrected chi connectivity index (χ3v) is 5.43. The van der Waals surface area contributed by atoms with Gasteiger partial charge in [0.15, 0.2) is 5.82 Å². The number of aromatic nitrogens is 6. The van der Waals surface area contributed by atoms with Crippen molar-refractivity contribution in [2.75, 3.05) is 6.54 Å². The normalized spacial score (nSPS) is 13.8. The number of carbonyl (C=O) groups is 1. The monoisotopic (exact) mass is 423 g/mol. The summed E-state index contributed by atoms with van der Waals surface area (Å²) in [6.07, 6.45) is 2.66. The molecule has 4 rings (SSSR count). The van der Waals surface area contributed by atoms with Gasteiger partial charge in [0.25, 0.3) is 11.1 Å². The molecule has 3 aromatic heterocycles. The van der Waals surface area contributed by atoms with E-state index in [9.17, 15) is 14.4 Å². The average Bonchev–Trinajstić information content (AvgIpc) is 3.33. The molecule has 1 aliphatic rings. The molecule has 31 heavy (non-hydrogen) atoms. The van der Waals surface area contributed by atoms with Crippen molar-refractivity contribution in [2.45, 2.75) is 52.6 Å². The number of aryl methyl sites for hydroxylation is 4. The zero-order chi connectivity index (χ0) is 22.1. The first-order chi connectivity index (χ1) is 14.8. The van der Waals surface area contributed by atoms with Gasteiger partial charge in [0, 0.05) is 24.4 Å². The summed E-state index contributed by atoms with van der Waals surface area (Å²) in [6.45, 7) is 5.82. The van der Waals surface area contributed by atoms with E-state index in [1.807, 2.05) is 19.9 Å². The van der Waals surface area contributed by atoms with Crippen LogP contribution >= 0.6 is 0 Å². The number of amides is 1. The zero-order valence-corrected chi connectivity index (χ0v) is 17.8. The fourth-order valence-corrected chi connectivity index (χ4v) is 3.81. The molecular weight excluding hydrogens is 398 g/mol. The summed E-state index contributed by atoms with van der Waals surface area (Å²) in [7, 11) is 0. The molecule has 0 spiro atoms. The largest absolute Gasteiger partial charge is 0.352 e. The van der Waals surface area contributed by atoms with Crippen molar-refractivity contribution in [3.63, 3.8) is 0 Å². The Balaban J connectivity index is 1.43. The first-order valence-corrected chi connectivity index (χ1v) is 10.3. The number of hydrogen-bond donors (Lipinski definition) is 1. The van der Waals surface area contributed by atoms with Gasteiger partial charge in [-0.05, 0) is 57.7 Å². The van der Waals surface area contributed by atoms with E-state index >= 15 is 0 Å². The quantitative estimate of drug-likeness (QED) is 0.616. The van der Waals surface area contributed by atoms with Crippen molar-refractivity contribution in [3.05, 3.63) is 67.6 Å². The first-order valence-electron chi connectivity index (χ1n) is 10.3. The molecule has 3 heterocycles. The smallest absolute Gasteiger partial charge is 0.267 e. The second kappa shape index (κ2) is 8.29. The summed E-state index contributed by atoms with van der Waals surface area (Å²) in [5.41, 5.74) is 3.07. The molecule has 162 valence electrons. The predicted octanol–water partition coefficient (Wildman–Crippen LogP) is 0.469. The van der Waals surface area contributed by atoms with Gasteiger partial charge in [0.1, 0.15) is 6.04 Å². The van der Waals surface area contributed by atoms with Gasteiger partial charge in [-0.25, -0.2) is 14.0 Å². The highest BCUT2D eigenvalue weighted by Gasteiger charge is 2.21. The molecule has 1 N–H and O–H groups in total. The molecule has 0 fully saturated rings. The molecule has 1 atom stereocenters. The summed E-state index contributed by atoms with van der Waals surface area (Å²) in [5.74, 6) is 0.189. The van der Waals surface area contributed by atoms with Crippen molar-refractivity contribution in [1.29, 1.82) is 0 Å². The number of rotatable bonds is 6. The van der Waals surface area contributed by atoms with E-state index in [4.69, 9.17) is 0 Å². The van der Waals surface area contributed by atoms with Crippen LogP contribution in [0.25, 0.3) is 5.82 Å². The van der Waals surface area contributed by atoms with Gasteiger partial charge in [0.2, 0.25) is 5.91 Å². The summed E-state index contributed by atoms with van der Waals surface area (Å²) in [6, 6.07) is 5.80. The Morgan fingerprint density at radius 2 is 1.90 bits per heavy atom. The van der Waals surface area contributed by atoms with E-state index in [1.54, 1.807) is 23.7 Å². The minimum absolute atomic E-state index is 0.191. The van der Waals surface area contributed by atoms with E-state index in [1.165, 1.54) is 15.4 Å². The van der Waals surface area contributed by atoms with Crippen LogP contribution in [0, 0.1) is 13.8 Å². The molecule has 1 unspecified atom stereocenters. The van der Waals surface area contributed by atoms with Crippen LogP contribution in [0.2, 0.25) is 0 Å². The minimum atomic E-state index is -0.746. The van der Waals surface area contributed by atoms with Crippen LogP contribution in [-0.2, 0) is 24.2 Å². The van der Waals surface area contributed by atoms with Crippen LogP contribution < -0.4 is 16.4 Å². The Labute approximate surface area is 178 Å². The van der Waals surface area contributed by atoms with Crippen LogP contribution in [0.15, 0.2) is 33.9 Å². The summed E-state index contributed by atoms with van der Waals surface area (Å²) >= 11 is 0. The van der Waals surface area contributed by atoms with E-state index in [2.05, 4.69) is 20.6 Å². The van der Waals surface area contributed by atoms with Gasteiger partial charge in [-0.2, -0.15) is 10.2 Å². The third-order valence-electron chi connectivity index (χ3n) is 5.43. The second-order valence-corrected chi connectivity index (χ2v) is 7.81. The maximum Gasteiger partial charge on any atom is 0.267 e. The van der Waals surface area contributed by atoms with Crippen molar-refractivity contribution in [3.8, 4) is 5.82 Å². The lowest BCUT2D eigenvalue weighted by atomic mass is 10.2. The number of nitrogens with one attached hydrogen (secondary N) is 1. The zero-order valence-electron chi connectivity index (χ0n) is 17.8. The molecule has 0 saturated carbocycles. The maximum absolute atomic E-state index is 12.6. The number of nitrogens with zero attached hydrogens (tertiary/aromatic N) is 6.